The lowest BCUT2D eigenvalue weighted by atomic mass is 10.1. The number of rotatable bonds is 7. The van der Waals surface area contributed by atoms with Gasteiger partial charge in [-0.1, -0.05) is 30.0 Å². The molecule has 0 saturated heterocycles. The van der Waals surface area contributed by atoms with Crippen molar-refractivity contribution in [2.75, 3.05) is 6.61 Å². The Kier molecular flexibility index (Phi) is 6.29. The van der Waals surface area contributed by atoms with E-state index >= 15 is 0 Å². The van der Waals surface area contributed by atoms with Crippen molar-refractivity contribution in [3.8, 4) is 22.9 Å². The highest BCUT2D eigenvalue weighted by atomic mass is 32.2. The highest BCUT2D eigenvalue weighted by Gasteiger charge is 2.22. The smallest absolute Gasteiger partial charge is 0.355 e. The fourth-order valence-electron chi connectivity index (χ4n) is 3.96. The Morgan fingerprint density at radius 2 is 1.80 bits per heavy atom. The van der Waals surface area contributed by atoms with Crippen LogP contribution in [0.15, 0.2) is 76.8 Å². The number of hydrogen-bond acceptors (Lipinski definition) is 6. The number of aromatic nitrogens is 4. The van der Waals surface area contributed by atoms with Gasteiger partial charge in [0.15, 0.2) is 0 Å². The van der Waals surface area contributed by atoms with E-state index in [9.17, 15) is 4.79 Å². The number of carbonyl (C=O) groups excluding carboxylic acids is 1. The molecule has 2 N–H and O–H groups in total. The zero-order chi connectivity index (χ0) is 24.4. The number of imidazole rings is 1. The summed E-state index contributed by atoms with van der Waals surface area (Å²) < 4.78 is 11.5. The van der Waals surface area contributed by atoms with Crippen molar-refractivity contribution in [1.29, 1.82) is 0 Å². The SMILES string of the molecule is CCOC(=O)c1[nH]c(C)c(-c2nc3cc(Sc4ccncc4)c(Oc4ccccc4)cc3[nH]2)c1C. The van der Waals surface area contributed by atoms with Crippen molar-refractivity contribution in [2.24, 2.45) is 0 Å². The van der Waals surface area contributed by atoms with E-state index in [-0.39, 0.29) is 5.97 Å². The zero-order valence-corrected chi connectivity index (χ0v) is 20.4. The molecule has 7 nitrogen and oxygen atoms in total. The second-order valence-electron chi connectivity index (χ2n) is 7.95. The van der Waals surface area contributed by atoms with E-state index in [0.29, 0.717) is 18.1 Å². The number of nitrogens with one attached hydrogen (secondary N) is 2. The molecule has 0 saturated carbocycles. The van der Waals surface area contributed by atoms with Gasteiger partial charge in [0.05, 0.1) is 22.5 Å². The molecular weight excluding hydrogens is 460 g/mol. The second kappa shape index (κ2) is 9.68. The Bertz CT molecular complexity index is 1420. The number of nitrogens with zero attached hydrogens (tertiary/aromatic N) is 2. The van der Waals surface area contributed by atoms with Gasteiger partial charge in [-0.05, 0) is 56.7 Å². The van der Waals surface area contributed by atoms with Gasteiger partial charge in [-0.25, -0.2) is 9.78 Å². The summed E-state index contributed by atoms with van der Waals surface area (Å²) in [5, 5.41) is 0. The molecule has 2 aromatic carbocycles. The predicted octanol–water partition coefficient (Wildman–Crippen LogP) is 6.69. The van der Waals surface area contributed by atoms with E-state index < -0.39 is 0 Å². The Morgan fingerprint density at radius 1 is 1.03 bits per heavy atom. The monoisotopic (exact) mass is 484 g/mol. The molecule has 3 heterocycles. The number of hydrogen-bond donors (Lipinski definition) is 2. The molecule has 0 amide bonds. The highest BCUT2D eigenvalue weighted by molar-refractivity contribution is 7.99. The Balaban J connectivity index is 1.59. The molecule has 176 valence electrons. The number of ether oxygens (including phenoxy) is 2. The van der Waals surface area contributed by atoms with Crippen LogP contribution in [0.2, 0.25) is 0 Å². The molecule has 5 aromatic rings. The Morgan fingerprint density at radius 3 is 2.54 bits per heavy atom. The van der Waals surface area contributed by atoms with Gasteiger partial charge in [-0.15, -0.1) is 0 Å². The third-order valence-electron chi connectivity index (χ3n) is 5.55. The largest absolute Gasteiger partial charge is 0.461 e. The number of benzene rings is 2. The lowest BCUT2D eigenvalue weighted by Gasteiger charge is -2.11. The minimum absolute atomic E-state index is 0.318. The molecular formula is C27H24N4O3S. The van der Waals surface area contributed by atoms with Crippen molar-refractivity contribution in [3.63, 3.8) is 0 Å². The minimum Gasteiger partial charge on any atom is -0.461 e. The van der Waals surface area contributed by atoms with Crippen molar-refractivity contribution < 1.29 is 14.3 Å². The maximum Gasteiger partial charge on any atom is 0.355 e. The van der Waals surface area contributed by atoms with Gasteiger partial charge in [0, 0.05) is 34.6 Å². The van der Waals surface area contributed by atoms with Gasteiger partial charge in [-0.2, -0.15) is 0 Å². The van der Waals surface area contributed by atoms with E-state index in [1.165, 1.54) is 0 Å². The van der Waals surface area contributed by atoms with Crippen LogP contribution in [0.3, 0.4) is 0 Å². The first-order valence-electron chi connectivity index (χ1n) is 11.2. The fourth-order valence-corrected chi connectivity index (χ4v) is 4.84. The summed E-state index contributed by atoms with van der Waals surface area (Å²) in [6.45, 7) is 5.93. The average molecular weight is 485 g/mol. The second-order valence-corrected chi connectivity index (χ2v) is 9.06. The van der Waals surface area contributed by atoms with E-state index in [1.807, 2.05) is 68.4 Å². The van der Waals surface area contributed by atoms with Crippen LogP contribution in [0, 0.1) is 13.8 Å². The molecule has 0 aliphatic heterocycles. The van der Waals surface area contributed by atoms with E-state index in [4.69, 9.17) is 14.5 Å². The summed E-state index contributed by atoms with van der Waals surface area (Å²) in [5.41, 5.74) is 4.58. The molecule has 0 aliphatic rings. The molecule has 0 unspecified atom stereocenters. The zero-order valence-electron chi connectivity index (χ0n) is 19.6. The number of para-hydroxylation sites is 1. The maximum absolute atomic E-state index is 12.4. The average Bonchev–Trinajstić information content (AvgIpc) is 3.39. The number of H-pyrrole nitrogens is 2. The molecule has 0 atom stereocenters. The van der Waals surface area contributed by atoms with Gasteiger partial charge in [-0.3, -0.25) is 4.98 Å². The van der Waals surface area contributed by atoms with Gasteiger partial charge < -0.3 is 19.4 Å². The summed E-state index contributed by atoms with van der Waals surface area (Å²) in [5.74, 6) is 1.78. The third kappa shape index (κ3) is 4.65. The van der Waals surface area contributed by atoms with Crippen molar-refractivity contribution in [1.82, 2.24) is 19.9 Å². The van der Waals surface area contributed by atoms with E-state index in [2.05, 4.69) is 15.0 Å². The number of aromatic amines is 2. The summed E-state index contributed by atoms with van der Waals surface area (Å²) in [6.07, 6.45) is 3.54. The molecule has 0 bridgehead atoms. The number of fused-ring (bicyclic) bond motifs is 1. The minimum atomic E-state index is -0.370. The summed E-state index contributed by atoms with van der Waals surface area (Å²) in [7, 11) is 0. The van der Waals surface area contributed by atoms with Crippen molar-refractivity contribution >= 4 is 28.8 Å². The fraction of sp³-hybridized carbons (Fsp3) is 0.148. The molecule has 0 spiro atoms. The van der Waals surface area contributed by atoms with Crippen LogP contribution < -0.4 is 4.74 Å². The molecule has 8 heteroatoms. The topological polar surface area (TPSA) is 92.9 Å². The maximum atomic E-state index is 12.4. The van der Waals surface area contributed by atoms with Crippen LogP contribution in [0.5, 0.6) is 11.5 Å². The molecule has 35 heavy (non-hydrogen) atoms. The highest BCUT2D eigenvalue weighted by Crippen LogP contribution is 2.40. The standard InChI is InChI=1S/C27H24N4O3S/c1-4-33-27(32)25-16(2)24(17(3)29-25)26-30-20-14-22(34-18-8-6-5-7-9-18)23(15-21(20)31-26)35-19-10-12-28-13-11-19/h5-15,29H,4H2,1-3H3,(H,30,31). The molecule has 0 aliphatic carbocycles. The van der Waals surface area contributed by atoms with Crippen LogP contribution in [-0.4, -0.2) is 32.5 Å². The van der Waals surface area contributed by atoms with E-state index in [1.54, 1.807) is 31.1 Å². The van der Waals surface area contributed by atoms with Crippen LogP contribution in [0.1, 0.15) is 28.7 Å². The van der Waals surface area contributed by atoms with Gasteiger partial charge in [0.2, 0.25) is 0 Å². The number of pyridine rings is 1. The summed E-state index contributed by atoms with van der Waals surface area (Å²) in [4.78, 5) is 29.9. The quantitative estimate of drug-likeness (QED) is 0.250. The van der Waals surface area contributed by atoms with Gasteiger partial charge in [0.25, 0.3) is 0 Å². The van der Waals surface area contributed by atoms with Crippen molar-refractivity contribution in [3.05, 3.63) is 83.9 Å². The number of aryl methyl sites for hydroxylation is 1. The first kappa shape index (κ1) is 22.7. The first-order chi connectivity index (χ1) is 17.0. The lowest BCUT2D eigenvalue weighted by Crippen LogP contribution is -2.06. The number of esters is 1. The van der Waals surface area contributed by atoms with Crippen LogP contribution in [-0.2, 0) is 4.74 Å². The van der Waals surface area contributed by atoms with Crippen LogP contribution >= 0.6 is 11.8 Å². The summed E-state index contributed by atoms with van der Waals surface area (Å²) >= 11 is 1.59. The first-order valence-corrected chi connectivity index (χ1v) is 12.1. The van der Waals surface area contributed by atoms with Crippen molar-refractivity contribution in [2.45, 2.75) is 30.6 Å². The van der Waals surface area contributed by atoms with Gasteiger partial charge in [0.1, 0.15) is 23.0 Å². The Labute approximate surface area is 206 Å². The lowest BCUT2D eigenvalue weighted by molar-refractivity contribution is 0.0519. The molecule has 0 fully saturated rings. The molecule has 0 radical (unpaired) electrons. The van der Waals surface area contributed by atoms with E-state index in [0.717, 1.165) is 49.1 Å². The van der Waals surface area contributed by atoms with Crippen LogP contribution in [0.25, 0.3) is 22.4 Å². The normalized spacial score (nSPS) is 11.1. The molecule has 5 rings (SSSR count). The molecule has 3 aromatic heterocycles. The number of carbonyl (C=O) groups is 1. The summed E-state index contributed by atoms with van der Waals surface area (Å²) in [6, 6.07) is 17.6. The van der Waals surface area contributed by atoms with Crippen LogP contribution in [0.4, 0.5) is 0 Å². The van der Waals surface area contributed by atoms with Gasteiger partial charge >= 0.3 is 5.97 Å². The predicted molar refractivity (Wildman–Crippen MR) is 136 cm³/mol. The Hall–Kier alpha value is -4.04. The third-order valence-corrected chi connectivity index (χ3v) is 6.60.